The van der Waals surface area contributed by atoms with Gasteiger partial charge in [0.05, 0.1) is 24.9 Å². The molecule has 0 saturated carbocycles. The molecule has 20 heavy (non-hydrogen) atoms. The number of aromatic nitrogens is 1. The molecule has 1 atom stereocenters. The lowest BCUT2D eigenvalue weighted by molar-refractivity contribution is 0.181. The molecule has 5 heteroatoms. The van der Waals surface area contributed by atoms with Gasteiger partial charge >= 0.3 is 0 Å². The van der Waals surface area contributed by atoms with Crippen molar-refractivity contribution in [2.45, 2.75) is 33.7 Å². The zero-order valence-corrected chi connectivity index (χ0v) is 13.2. The third kappa shape index (κ3) is 4.56. The van der Waals surface area contributed by atoms with Crippen LogP contribution in [0.5, 0.6) is 5.88 Å². The van der Waals surface area contributed by atoms with Crippen LogP contribution in [0.3, 0.4) is 0 Å². The van der Waals surface area contributed by atoms with E-state index in [0.29, 0.717) is 30.7 Å². The number of hydrogen-bond donors (Lipinski definition) is 1. The third-order valence-electron chi connectivity index (χ3n) is 3.00. The largest absolute Gasteiger partial charge is 0.476 e. The maximum absolute atomic E-state index is 5.92. The molecule has 114 valence electrons. The fourth-order valence-electron chi connectivity index (χ4n) is 1.99. The summed E-state index contributed by atoms with van der Waals surface area (Å²) in [6.45, 7) is 10.5. The lowest BCUT2D eigenvalue weighted by Crippen LogP contribution is -2.36. The number of methoxy groups -OCH3 is 1. The fourth-order valence-corrected chi connectivity index (χ4v) is 1.99. The van der Waals surface area contributed by atoms with E-state index in [2.05, 4.69) is 37.6 Å². The van der Waals surface area contributed by atoms with Crippen LogP contribution in [0.2, 0.25) is 0 Å². The molecule has 0 bridgehead atoms. The maximum atomic E-state index is 5.92. The second-order valence-electron chi connectivity index (χ2n) is 5.36. The van der Waals surface area contributed by atoms with Crippen molar-refractivity contribution in [3.63, 3.8) is 0 Å². The van der Waals surface area contributed by atoms with E-state index in [9.17, 15) is 0 Å². The highest BCUT2D eigenvalue weighted by molar-refractivity contribution is 5.54. The Morgan fingerprint density at radius 2 is 1.95 bits per heavy atom. The van der Waals surface area contributed by atoms with E-state index in [1.165, 1.54) is 0 Å². The van der Waals surface area contributed by atoms with Crippen molar-refractivity contribution >= 4 is 11.5 Å². The summed E-state index contributed by atoms with van der Waals surface area (Å²) in [7, 11) is 1.71. The number of ether oxygens (including phenoxy) is 2. The molecule has 0 aliphatic rings. The Kier molecular flexibility index (Phi) is 6.58. The van der Waals surface area contributed by atoms with E-state index >= 15 is 0 Å². The minimum absolute atomic E-state index is 0.249. The molecule has 2 N–H and O–H groups in total. The quantitative estimate of drug-likeness (QED) is 0.793. The molecule has 0 spiro atoms. The van der Waals surface area contributed by atoms with Gasteiger partial charge in [0.15, 0.2) is 0 Å². The molecule has 1 unspecified atom stereocenters. The highest BCUT2D eigenvalue weighted by atomic mass is 16.5. The SMILES string of the molecule is CCN(c1ccc(N)c(OCC(C)C)n1)C(C)COC. The molecule has 0 aromatic carbocycles. The Morgan fingerprint density at radius 3 is 2.50 bits per heavy atom. The molecule has 5 nitrogen and oxygen atoms in total. The first kappa shape index (κ1) is 16.6. The second-order valence-corrected chi connectivity index (χ2v) is 5.36. The molecule has 1 aromatic heterocycles. The highest BCUT2D eigenvalue weighted by Crippen LogP contribution is 2.24. The number of likely N-dealkylation sites (N-methyl/N-ethyl adjacent to an activating group) is 1. The molecule has 0 amide bonds. The van der Waals surface area contributed by atoms with Gasteiger partial charge in [0.2, 0.25) is 5.88 Å². The number of nitrogens with zero attached hydrogens (tertiary/aromatic N) is 2. The number of nitrogens with two attached hydrogens (primary N) is 1. The first-order chi connectivity index (χ1) is 9.49. The van der Waals surface area contributed by atoms with E-state index in [4.69, 9.17) is 15.2 Å². The summed E-state index contributed by atoms with van der Waals surface area (Å²) in [6, 6.07) is 4.02. The van der Waals surface area contributed by atoms with Crippen LogP contribution >= 0.6 is 0 Å². The minimum Gasteiger partial charge on any atom is -0.476 e. The van der Waals surface area contributed by atoms with Crippen LogP contribution in [0.1, 0.15) is 27.7 Å². The number of nitrogen functional groups attached to an aromatic ring is 1. The monoisotopic (exact) mass is 281 g/mol. The molecular formula is C15H27N3O2. The zero-order valence-electron chi connectivity index (χ0n) is 13.2. The molecule has 0 aliphatic heterocycles. The van der Waals surface area contributed by atoms with Crippen molar-refractivity contribution in [1.29, 1.82) is 0 Å². The zero-order chi connectivity index (χ0) is 15.1. The standard InChI is InChI=1S/C15H27N3O2/c1-6-18(12(4)10-19-5)14-8-7-13(16)15(17-14)20-9-11(2)3/h7-8,11-12H,6,9-10,16H2,1-5H3. The lowest BCUT2D eigenvalue weighted by Gasteiger charge is -2.29. The van der Waals surface area contributed by atoms with Gasteiger partial charge in [-0.15, -0.1) is 0 Å². The normalized spacial score (nSPS) is 12.5. The molecule has 0 fully saturated rings. The predicted molar refractivity (Wildman–Crippen MR) is 83.3 cm³/mol. The predicted octanol–water partition coefficient (Wildman–Crippen LogP) is 2.56. The average Bonchev–Trinajstić information content (AvgIpc) is 2.40. The highest BCUT2D eigenvalue weighted by Gasteiger charge is 2.16. The summed E-state index contributed by atoms with van der Waals surface area (Å²) < 4.78 is 10.9. The van der Waals surface area contributed by atoms with Crippen molar-refractivity contribution in [3.05, 3.63) is 12.1 Å². The van der Waals surface area contributed by atoms with Gasteiger partial charge in [0, 0.05) is 13.7 Å². The van der Waals surface area contributed by atoms with E-state index in [0.717, 1.165) is 12.4 Å². The molecule has 0 radical (unpaired) electrons. The smallest absolute Gasteiger partial charge is 0.239 e. The van der Waals surface area contributed by atoms with Crippen molar-refractivity contribution in [2.24, 2.45) is 5.92 Å². The third-order valence-corrected chi connectivity index (χ3v) is 3.00. The van der Waals surface area contributed by atoms with E-state index in [1.54, 1.807) is 7.11 Å². The van der Waals surface area contributed by atoms with Gasteiger partial charge in [-0.05, 0) is 31.9 Å². The second kappa shape index (κ2) is 7.94. The van der Waals surface area contributed by atoms with Crippen LogP contribution in [0.4, 0.5) is 11.5 Å². The first-order valence-electron chi connectivity index (χ1n) is 7.14. The summed E-state index contributed by atoms with van der Waals surface area (Å²) in [5.74, 6) is 1.82. The molecule has 1 aromatic rings. The van der Waals surface area contributed by atoms with Crippen LogP contribution < -0.4 is 15.4 Å². The summed E-state index contributed by atoms with van der Waals surface area (Å²) in [5.41, 5.74) is 6.50. The summed E-state index contributed by atoms with van der Waals surface area (Å²) in [5, 5.41) is 0. The fraction of sp³-hybridized carbons (Fsp3) is 0.667. The van der Waals surface area contributed by atoms with Gasteiger partial charge in [-0.1, -0.05) is 13.8 Å². The Bertz CT molecular complexity index is 410. The van der Waals surface area contributed by atoms with Crippen LogP contribution in [-0.2, 0) is 4.74 Å². The lowest BCUT2D eigenvalue weighted by atomic mass is 10.2. The Labute approximate surface area is 122 Å². The number of pyridine rings is 1. The van der Waals surface area contributed by atoms with Crippen molar-refractivity contribution < 1.29 is 9.47 Å². The van der Waals surface area contributed by atoms with Crippen molar-refractivity contribution in [1.82, 2.24) is 4.98 Å². The van der Waals surface area contributed by atoms with Crippen LogP contribution in [0.25, 0.3) is 0 Å². The van der Waals surface area contributed by atoms with Gasteiger partial charge in [-0.25, -0.2) is 0 Å². The Balaban J connectivity index is 2.91. The number of anilines is 2. The van der Waals surface area contributed by atoms with Crippen LogP contribution in [-0.4, -0.2) is 37.9 Å². The topological polar surface area (TPSA) is 60.6 Å². The van der Waals surface area contributed by atoms with E-state index in [1.807, 2.05) is 12.1 Å². The molecule has 1 heterocycles. The van der Waals surface area contributed by atoms with Gasteiger partial charge < -0.3 is 20.1 Å². The summed E-state index contributed by atoms with van der Waals surface area (Å²) >= 11 is 0. The Hall–Kier alpha value is -1.49. The Morgan fingerprint density at radius 1 is 1.25 bits per heavy atom. The number of rotatable bonds is 8. The first-order valence-corrected chi connectivity index (χ1v) is 7.14. The van der Waals surface area contributed by atoms with Crippen molar-refractivity contribution in [3.8, 4) is 5.88 Å². The molecule has 0 saturated heterocycles. The molecular weight excluding hydrogens is 254 g/mol. The van der Waals surface area contributed by atoms with Gasteiger partial charge in [-0.3, -0.25) is 0 Å². The van der Waals surface area contributed by atoms with Crippen LogP contribution in [0.15, 0.2) is 12.1 Å². The molecule has 1 rings (SSSR count). The maximum Gasteiger partial charge on any atom is 0.239 e. The number of hydrogen-bond acceptors (Lipinski definition) is 5. The van der Waals surface area contributed by atoms with Gasteiger partial charge in [-0.2, -0.15) is 4.98 Å². The summed E-state index contributed by atoms with van der Waals surface area (Å²) in [4.78, 5) is 6.71. The molecule has 0 aliphatic carbocycles. The summed E-state index contributed by atoms with van der Waals surface area (Å²) in [6.07, 6.45) is 0. The minimum atomic E-state index is 0.249. The van der Waals surface area contributed by atoms with E-state index in [-0.39, 0.29) is 6.04 Å². The van der Waals surface area contributed by atoms with E-state index < -0.39 is 0 Å². The van der Waals surface area contributed by atoms with Gasteiger partial charge in [0.25, 0.3) is 0 Å². The van der Waals surface area contributed by atoms with Crippen LogP contribution in [0, 0.1) is 5.92 Å². The average molecular weight is 281 g/mol. The van der Waals surface area contributed by atoms with Gasteiger partial charge in [0.1, 0.15) is 5.82 Å². The van der Waals surface area contributed by atoms with Crippen molar-refractivity contribution in [2.75, 3.05) is 37.5 Å².